The van der Waals surface area contributed by atoms with E-state index in [0.717, 1.165) is 31.0 Å². The van der Waals surface area contributed by atoms with E-state index in [1.807, 2.05) is 18.2 Å². The van der Waals surface area contributed by atoms with Crippen LogP contribution < -0.4 is 14.8 Å². The van der Waals surface area contributed by atoms with Crippen LogP contribution in [0.4, 0.5) is 0 Å². The lowest BCUT2D eigenvalue weighted by Crippen LogP contribution is -2.17. The highest BCUT2D eigenvalue weighted by Crippen LogP contribution is 2.19. The van der Waals surface area contributed by atoms with Gasteiger partial charge in [0.25, 0.3) is 0 Å². The number of methoxy groups -OCH3 is 2. The van der Waals surface area contributed by atoms with Crippen molar-refractivity contribution in [3.8, 4) is 11.5 Å². The lowest BCUT2D eigenvalue weighted by atomic mass is 10.1. The van der Waals surface area contributed by atoms with Crippen molar-refractivity contribution >= 4 is 0 Å². The summed E-state index contributed by atoms with van der Waals surface area (Å²) in [7, 11) is 3.40. The average molecular weight is 285 g/mol. The molecule has 2 rings (SSSR count). The summed E-state index contributed by atoms with van der Waals surface area (Å²) in [5.74, 6) is 1.84. The number of hydrogen-bond acceptors (Lipinski definition) is 3. The SMILES string of the molecule is COc1ccc(CCNCc2cc(C)ccc2OC)cc1. The monoisotopic (exact) mass is 285 g/mol. The second kappa shape index (κ2) is 7.70. The molecule has 0 aliphatic carbocycles. The number of hydrogen-bond donors (Lipinski definition) is 1. The third-order valence-corrected chi connectivity index (χ3v) is 3.50. The molecule has 3 nitrogen and oxygen atoms in total. The summed E-state index contributed by atoms with van der Waals surface area (Å²) >= 11 is 0. The van der Waals surface area contributed by atoms with Crippen LogP contribution in [0, 0.1) is 6.92 Å². The van der Waals surface area contributed by atoms with E-state index >= 15 is 0 Å². The first kappa shape index (κ1) is 15.4. The van der Waals surface area contributed by atoms with Crippen LogP contribution >= 0.6 is 0 Å². The Kier molecular flexibility index (Phi) is 5.64. The molecule has 2 aromatic rings. The molecular formula is C18H23NO2. The molecule has 0 aromatic heterocycles. The molecule has 0 spiro atoms. The Bertz CT molecular complexity index is 564. The van der Waals surface area contributed by atoms with E-state index in [4.69, 9.17) is 9.47 Å². The van der Waals surface area contributed by atoms with Crippen LogP contribution in [0.2, 0.25) is 0 Å². The lowest BCUT2D eigenvalue weighted by molar-refractivity contribution is 0.407. The Hall–Kier alpha value is -2.00. The average Bonchev–Trinajstić information content (AvgIpc) is 2.52. The number of nitrogens with one attached hydrogen (secondary N) is 1. The Morgan fingerprint density at radius 1 is 0.952 bits per heavy atom. The molecule has 21 heavy (non-hydrogen) atoms. The first-order valence-electron chi connectivity index (χ1n) is 7.20. The molecule has 2 aromatic carbocycles. The van der Waals surface area contributed by atoms with E-state index in [2.05, 4.69) is 36.5 Å². The topological polar surface area (TPSA) is 30.5 Å². The Balaban J connectivity index is 1.82. The van der Waals surface area contributed by atoms with E-state index in [1.54, 1.807) is 14.2 Å². The van der Waals surface area contributed by atoms with Crippen molar-refractivity contribution in [3.63, 3.8) is 0 Å². The van der Waals surface area contributed by atoms with Crippen LogP contribution in [0.3, 0.4) is 0 Å². The van der Waals surface area contributed by atoms with E-state index in [-0.39, 0.29) is 0 Å². The molecule has 0 radical (unpaired) electrons. The van der Waals surface area contributed by atoms with E-state index in [0.29, 0.717) is 0 Å². The fourth-order valence-corrected chi connectivity index (χ4v) is 2.29. The van der Waals surface area contributed by atoms with Crippen molar-refractivity contribution in [1.82, 2.24) is 5.32 Å². The second-order valence-corrected chi connectivity index (χ2v) is 5.09. The molecule has 0 amide bonds. The molecule has 1 N–H and O–H groups in total. The first-order chi connectivity index (χ1) is 10.2. The third kappa shape index (κ3) is 4.50. The first-order valence-corrected chi connectivity index (χ1v) is 7.20. The van der Waals surface area contributed by atoms with E-state index in [9.17, 15) is 0 Å². The van der Waals surface area contributed by atoms with Crippen LogP contribution in [-0.2, 0) is 13.0 Å². The normalized spacial score (nSPS) is 10.4. The van der Waals surface area contributed by atoms with Gasteiger partial charge in [-0.2, -0.15) is 0 Å². The number of rotatable bonds is 7. The van der Waals surface area contributed by atoms with Gasteiger partial charge in [0.1, 0.15) is 11.5 Å². The largest absolute Gasteiger partial charge is 0.497 e. The number of benzene rings is 2. The second-order valence-electron chi connectivity index (χ2n) is 5.09. The van der Waals surface area contributed by atoms with E-state index in [1.165, 1.54) is 16.7 Å². The molecule has 0 saturated heterocycles. The summed E-state index contributed by atoms with van der Waals surface area (Å²) in [5, 5.41) is 3.47. The van der Waals surface area contributed by atoms with E-state index < -0.39 is 0 Å². The van der Waals surface area contributed by atoms with Gasteiger partial charge >= 0.3 is 0 Å². The predicted octanol–water partition coefficient (Wildman–Crippen LogP) is 3.34. The zero-order valence-corrected chi connectivity index (χ0v) is 13.0. The van der Waals surface area contributed by atoms with Crippen LogP contribution in [0.25, 0.3) is 0 Å². The van der Waals surface area contributed by atoms with Crippen LogP contribution in [0.1, 0.15) is 16.7 Å². The fourth-order valence-electron chi connectivity index (χ4n) is 2.29. The van der Waals surface area contributed by atoms with Gasteiger partial charge in [-0.15, -0.1) is 0 Å². The van der Waals surface area contributed by atoms with Gasteiger partial charge in [0.05, 0.1) is 14.2 Å². The van der Waals surface area contributed by atoms with Gasteiger partial charge < -0.3 is 14.8 Å². The number of aryl methyl sites for hydroxylation is 1. The van der Waals surface area contributed by atoms with Crippen molar-refractivity contribution in [2.45, 2.75) is 19.9 Å². The summed E-state index contributed by atoms with van der Waals surface area (Å²) in [4.78, 5) is 0. The van der Waals surface area contributed by atoms with Gasteiger partial charge in [0.15, 0.2) is 0 Å². The van der Waals surface area contributed by atoms with Gasteiger partial charge in [0, 0.05) is 12.1 Å². The zero-order chi connectivity index (χ0) is 15.1. The Morgan fingerprint density at radius 2 is 1.71 bits per heavy atom. The molecule has 0 saturated carbocycles. The van der Waals surface area contributed by atoms with Crippen molar-refractivity contribution in [1.29, 1.82) is 0 Å². The van der Waals surface area contributed by atoms with Gasteiger partial charge in [-0.05, 0) is 43.7 Å². The smallest absolute Gasteiger partial charge is 0.123 e. The lowest BCUT2D eigenvalue weighted by Gasteiger charge is -2.11. The summed E-state index contributed by atoms with van der Waals surface area (Å²) in [6.45, 7) is 3.85. The Morgan fingerprint density at radius 3 is 2.38 bits per heavy atom. The summed E-state index contributed by atoms with van der Waals surface area (Å²) in [6, 6.07) is 14.5. The Labute approximate surface area is 126 Å². The van der Waals surface area contributed by atoms with Crippen molar-refractivity contribution < 1.29 is 9.47 Å². The highest BCUT2D eigenvalue weighted by molar-refractivity contribution is 5.36. The van der Waals surface area contributed by atoms with Crippen molar-refractivity contribution in [2.75, 3.05) is 20.8 Å². The fraction of sp³-hybridized carbons (Fsp3) is 0.333. The third-order valence-electron chi connectivity index (χ3n) is 3.50. The summed E-state index contributed by atoms with van der Waals surface area (Å²) in [5.41, 5.74) is 3.76. The molecule has 0 unspecified atom stereocenters. The van der Waals surface area contributed by atoms with Crippen LogP contribution in [0.5, 0.6) is 11.5 Å². The minimum Gasteiger partial charge on any atom is -0.497 e. The minimum atomic E-state index is 0.820. The minimum absolute atomic E-state index is 0.820. The molecule has 3 heteroatoms. The highest BCUT2D eigenvalue weighted by Gasteiger charge is 2.02. The molecule has 0 aliphatic heterocycles. The predicted molar refractivity (Wildman–Crippen MR) is 86.1 cm³/mol. The maximum absolute atomic E-state index is 5.39. The molecule has 0 fully saturated rings. The van der Waals surface area contributed by atoms with Crippen molar-refractivity contribution in [3.05, 3.63) is 59.2 Å². The maximum Gasteiger partial charge on any atom is 0.123 e. The molecule has 0 heterocycles. The zero-order valence-electron chi connectivity index (χ0n) is 13.0. The highest BCUT2D eigenvalue weighted by atomic mass is 16.5. The molecule has 0 aliphatic rings. The standard InChI is InChI=1S/C18H23NO2/c1-14-4-9-18(21-3)16(12-14)13-19-11-10-15-5-7-17(20-2)8-6-15/h4-9,12,19H,10-11,13H2,1-3H3. The van der Waals surface area contributed by atoms with Crippen molar-refractivity contribution in [2.24, 2.45) is 0 Å². The van der Waals surface area contributed by atoms with Gasteiger partial charge in [0.2, 0.25) is 0 Å². The summed E-state index contributed by atoms with van der Waals surface area (Å²) in [6.07, 6.45) is 0.998. The summed E-state index contributed by atoms with van der Waals surface area (Å²) < 4.78 is 10.5. The van der Waals surface area contributed by atoms with Gasteiger partial charge in [-0.1, -0.05) is 29.8 Å². The molecule has 112 valence electrons. The molecule has 0 bridgehead atoms. The van der Waals surface area contributed by atoms with Crippen LogP contribution in [0.15, 0.2) is 42.5 Å². The maximum atomic E-state index is 5.39. The quantitative estimate of drug-likeness (QED) is 0.791. The number of ether oxygens (including phenoxy) is 2. The molecular weight excluding hydrogens is 262 g/mol. The molecule has 0 atom stereocenters. The van der Waals surface area contributed by atoms with Gasteiger partial charge in [-0.3, -0.25) is 0 Å². The van der Waals surface area contributed by atoms with Crippen LogP contribution in [-0.4, -0.2) is 20.8 Å². The van der Waals surface area contributed by atoms with Gasteiger partial charge in [-0.25, -0.2) is 0 Å².